The summed E-state index contributed by atoms with van der Waals surface area (Å²) in [6.45, 7) is 5.05. The van der Waals surface area contributed by atoms with E-state index in [0.29, 0.717) is 24.3 Å². The molecule has 2 amide bonds. The van der Waals surface area contributed by atoms with Crippen molar-refractivity contribution in [3.8, 4) is 0 Å². The standard InChI is InChI=1S/C19H21N3O4S/c1-4-21(5-2)19(24)13-6-8-14(9-7-13)20-18(23)16-12-15(27-3)10-11-17(16)22(25)26/h6-12H,4-5H2,1-3H3,(H,20,23). The first kappa shape index (κ1) is 20.4. The van der Waals surface area contributed by atoms with Gasteiger partial charge in [0.1, 0.15) is 5.56 Å². The smallest absolute Gasteiger partial charge is 0.282 e. The lowest BCUT2D eigenvalue weighted by Gasteiger charge is -2.18. The Kier molecular flexibility index (Phi) is 6.95. The molecule has 0 aliphatic rings. The van der Waals surface area contributed by atoms with E-state index >= 15 is 0 Å². The quantitative estimate of drug-likeness (QED) is 0.439. The number of amides is 2. The number of nitrogens with zero attached hydrogens (tertiary/aromatic N) is 2. The molecule has 8 heteroatoms. The Labute approximate surface area is 161 Å². The maximum atomic E-state index is 12.5. The molecule has 0 radical (unpaired) electrons. The lowest BCUT2D eigenvalue weighted by molar-refractivity contribution is -0.385. The van der Waals surface area contributed by atoms with Crippen molar-refractivity contribution in [2.45, 2.75) is 18.7 Å². The molecule has 2 aromatic rings. The van der Waals surface area contributed by atoms with Gasteiger partial charge in [0.05, 0.1) is 4.92 Å². The largest absolute Gasteiger partial charge is 0.339 e. The first-order chi connectivity index (χ1) is 12.9. The van der Waals surface area contributed by atoms with E-state index in [9.17, 15) is 19.7 Å². The monoisotopic (exact) mass is 387 g/mol. The molecule has 0 heterocycles. The summed E-state index contributed by atoms with van der Waals surface area (Å²) in [5.41, 5.74) is 0.723. The van der Waals surface area contributed by atoms with Crippen molar-refractivity contribution >= 4 is 35.0 Å². The number of nitro groups is 1. The Balaban J connectivity index is 2.21. The minimum absolute atomic E-state index is 0.00450. The van der Waals surface area contributed by atoms with Gasteiger partial charge < -0.3 is 10.2 Å². The SMILES string of the molecule is CCN(CC)C(=O)c1ccc(NC(=O)c2cc(SC)ccc2[N+](=O)[O-])cc1. The molecule has 0 unspecified atom stereocenters. The lowest BCUT2D eigenvalue weighted by atomic mass is 10.1. The van der Waals surface area contributed by atoms with Crippen LogP contribution in [0.25, 0.3) is 0 Å². The number of carbonyl (C=O) groups excluding carboxylic acids is 2. The van der Waals surface area contributed by atoms with Gasteiger partial charge in [0, 0.05) is 35.3 Å². The van der Waals surface area contributed by atoms with Gasteiger partial charge in [0.15, 0.2) is 0 Å². The molecule has 0 aliphatic heterocycles. The predicted molar refractivity (Wildman–Crippen MR) is 107 cm³/mol. The number of benzene rings is 2. The molecule has 7 nitrogen and oxygen atoms in total. The number of thioether (sulfide) groups is 1. The number of carbonyl (C=O) groups is 2. The maximum absolute atomic E-state index is 12.5. The number of hydrogen-bond donors (Lipinski definition) is 1. The summed E-state index contributed by atoms with van der Waals surface area (Å²) in [7, 11) is 0. The van der Waals surface area contributed by atoms with Crippen molar-refractivity contribution in [2.24, 2.45) is 0 Å². The van der Waals surface area contributed by atoms with Gasteiger partial charge in [-0.15, -0.1) is 11.8 Å². The van der Waals surface area contributed by atoms with Gasteiger partial charge in [-0.1, -0.05) is 0 Å². The van der Waals surface area contributed by atoms with Crippen LogP contribution < -0.4 is 5.32 Å². The van der Waals surface area contributed by atoms with Gasteiger partial charge in [-0.25, -0.2) is 0 Å². The van der Waals surface area contributed by atoms with E-state index in [1.165, 1.54) is 23.9 Å². The Bertz CT molecular complexity index is 849. The third kappa shape index (κ3) is 4.85. The van der Waals surface area contributed by atoms with E-state index in [4.69, 9.17) is 0 Å². The molecule has 0 saturated carbocycles. The molecule has 0 saturated heterocycles. The molecule has 0 fully saturated rings. The average Bonchev–Trinajstić information content (AvgIpc) is 2.68. The zero-order valence-electron chi connectivity index (χ0n) is 15.4. The van der Waals surface area contributed by atoms with Crippen molar-refractivity contribution in [2.75, 3.05) is 24.7 Å². The molecule has 0 bridgehead atoms. The molecule has 0 aliphatic carbocycles. The number of anilines is 1. The topological polar surface area (TPSA) is 92.6 Å². The summed E-state index contributed by atoms with van der Waals surface area (Å²) < 4.78 is 0. The molecular weight excluding hydrogens is 366 g/mol. The van der Waals surface area contributed by atoms with Crippen LogP contribution in [0.4, 0.5) is 11.4 Å². The van der Waals surface area contributed by atoms with E-state index in [1.54, 1.807) is 35.2 Å². The Morgan fingerprint density at radius 3 is 2.26 bits per heavy atom. The molecule has 0 spiro atoms. The van der Waals surface area contributed by atoms with E-state index in [0.717, 1.165) is 4.90 Å². The molecular formula is C19H21N3O4S. The summed E-state index contributed by atoms with van der Waals surface area (Å²) in [6, 6.07) is 10.9. The molecule has 2 rings (SSSR count). The first-order valence-electron chi connectivity index (χ1n) is 8.44. The third-order valence-electron chi connectivity index (χ3n) is 4.09. The van der Waals surface area contributed by atoms with Crippen LogP contribution in [0.3, 0.4) is 0 Å². The highest BCUT2D eigenvalue weighted by atomic mass is 32.2. The van der Waals surface area contributed by atoms with Crippen LogP contribution in [0.1, 0.15) is 34.6 Å². The average molecular weight is 387 g/mol. The molecule has 0 atom stereocenters. The van der Waals surface area contributed by atoms with Gasteiger partial charge in [-0.3, -0.25) is 19.7 Å². The van der Waals surface area contributed by atoms with Crippen LogP contribution >= 0.6 is 11.8 Å². The van der Waals surface area contributed by atoms with Gasteiger partial charge >= 0.3 is 0 Å². The molecule has 27 heavy (non-hydrogen) atoms. The first-order valence-corrected chi connectivity index (χ1v) is 9.66. The fourth-order valence-electron chi connectivity index (χ4n) is 2.57. The summed E-state index contributed by atoms with van der Waals surface area (Å²) >= 11 is 1.39. The normalized spacial score (nSPS) is 10.3. The second-order valence-corrected chi connectivity index (χ2v) is 6.53. The van der Waals surface area contributed by atoms with E-state index in [1.807, 2.05) is 20.1 Å². The molecule has 1 N–H and O–H groups in total. The Morgan fingerprint density at radius 1 is 1.11 bits per heavy atom. The van der Waals surface area contributed by atoms with Gasteiger partial charge in [0.2, 0.25) is 0 Å². The maximum Gasteiger partial charge on any atom is 0.282 e. The van der Waals surface area contributed by atoms with Gasteiger partial charge in [-0.2, -0.15) is 0 Å². The molecule has 142 valence electrons. The van der Waals surface area contributed by atoms with Crippen LogP contribution in [0, 0.1) is 10.1 Å². The summed E-state index contributed by atoms with van der Waals surface area (Å²) in [6.07, 6.45) is 1.83. The highest BCUT2D eigenvalue weighted by Crippen LogP contribution is 2.25. The zero-order chi connectivity index (χ0) is 20.0. The minimum Gasteiger partial charge on any atom is -0.339 e. The molecule has 2 aromatic carbocycles. The number of nitro benzene ring substituents is 1. The number of hydrogen-bond acceptors (Lipinski definition) is 5. The van der Waals surface area contributed by atoms with Crippen molar-refractivity contribution in [3.05, 3.63) is 63.7 Å². The summed E-state index contributed by atoms with van der Waals surface area (Å²) in [5.74, 6) is -0.651. The Morgan fingerprint density at radius 2 is 1.74 bits per heavy atom. The van der Waals surface area contributed by atoms with Crippen LogP contribution in [0.2, 0.25) is 0 Å². The van der Waals surface area contributed by atoms with Crippen LogP contribution in [0.15, 0.2) is 47.4 Å². The van der Waals surface area contributed by atoms with Gasteiger partial charge in [-0.05, 0) is 56.5 Å². The predicted octanol–water partition coefficient (Wildman–Crippen LogP) is 4.05. The van der Waals surface area contributed by atoms with Gasteiger partial charge in [0.25, 0.3) is 17.5 Å². The van der Waals surface area contributed by atoms with E-state index in [2.05, 4.69) is 5.32 Å². The number of nitrogens with one attached hydrogen (secondary N) is 1. The minimum atomic E-state index is -0.579. The highest BCUT2D eigenvalue weighted by molar-refractivity contribution is 7.98. The summed E-state index contributed by atoms with van der Waals surface area (Å²) in [4.78, 5) is 37.9. The van der Waals surface area contributed by atoms with Crippen molar-refractivity contribution < 1.29 is 14.5 Å². The molecule has 0 aromatic heterocycles. The van der Waals surface area contributed by atoms with Crippen LogP contribution in [0.5, 0.6) is 0 Å². The zero-order valence-corrected chi connectivity index (χ0v) is 16.2. The number of rotatable bonds is 7. The third-order valence-corrected chi connectivity index (χ3v) is 4.81. The fraction of sp³-hybridized carbons (Fsp3) is 0.263. The second-order valence-electron chi connectivity index (χ2n) is 5.65. The van der Waals surface area contributed by atoms with Crippen molar-refractivity contribution in [1.82, 2.24) is 4.90 Å². The second kappa shape index (κ2) is 9.18. The fourth-order valence-corrected chi connectivity index (χ4v) is 3.01. The van der Waals surface area contributed by atoms with Crippen molar-refractivity contribution in [3.63, 3.8) is 0 Å². The Hall–Kier alpha value is -2.87. The van der Waals surface area contributed by atoms with Crippen LogP contribution in [-0.4, -0.2) is 41.0 Å². The van der Waals surface area contributed by atoms with Crippen molar-refractivity contribution in [1.29, 1.82) is 0 Å². The van der Waals surface area contributed by atoms with E-state index in [-0.39, 0.29) is 17.2 Å². The highest BCUT2D eigenvalue weighted by Gasteiger charge is 2.21. The van der Waals surface area contributed by atoms with E-state index < -0.39 is 10.8 Å². The lowest BCUT2D eigenvalue weighted by Crippen LogP contribution is -2.30. The summed E-state index contributed by atoms with van der Waals surface area (Å²) in [5, 5.41) is 13.8. The van der Waals surface area contributed by atoms with Crippen LogP contribution in [-0.2, 0) is 0 Å².